The summed E-state index contributed by atoms with van der Waals surface area (Å²) in [6, 6.07) is 3.89. The van der Waals surface area contributed by atoms with Crippen molar-refractivity contribution >= 4 is 11.7 Å². The molecular formula is C11H11F2NO5. The van der Waals surface area contributed by atoms with Gasteiger partial charge < -0.3 is 25.0 Å². The van der Waals surface area contributed by atoms with Crippen molar-refractivity contribution in [2.45, 2.75) is 18.8 Å². The molecule has 0 aliphatic carbocycles. The summed E-state index contributed by atoms with van der Waals surface area (Å²) in [4.78, 5) is 10.7. The van der Waals surface area contributed by atoms with Gasteiger partial charge in [-0.15, -0.1) is 8.78 Å². The van der Waals surface area contributed by atoms with Gasteiger partial charge in [0.25, 0.3) is 0 Å². The zero-order valence-corrected chi connectivity index (χ0v) is 9.81. The summed E-state index contributed by atoms with van der Waals surface area (Å²) in [6.45, 7) is 0.821. The van der Waals surface area contributed by atoms with E-state index in [0.29, 0.717) is 5.69 Å². The zero-order valence-electron chi connectivity index (χ0n) is 9.81. The van der Waals surface area contributed by atoms with Crippen LogP contribution in [0.5, 0.6) is 11.5 Å². The number of ether oxygens (including phenoxy) is 2. The summed E-state index contributed by atoms with van der Waals surface area (Å²) < 4.78 is 34.0. The van der Waals surface area contributed by atoms with E-state index in [-0.39, 0.29) is 18.0 Å². The Bertz CT molecular complexity index is 518. The molecule has 0 saturated carbocycles. The first kappa shape index (κ1) is 13.3. The number of carbonyl (C=O) groups is 1. The minimum Gasteiger partial charge on any atom is -0.479 e. The van der Waals surface area contributed by atoms with Crippen LogP contribution in [0.3, 0.4) is 0 Å². The fourth-order valence-corrected chi connectivity index (χ4v) is 1.41. The van der Waals surface area contributed by atoms with E-state index in [1.54, 1.807) is 0 Å². The van der Waals surface area contributed by atoms with E-state index in [9.17, 15) is 18.7 Å². The number of hydrogen-bond donors (Lipinski definition) is 3. The second kappa shape index (κ2) is 4.23. The van der Waals surface area contributed by atoms with Crippen LogP contribution in [0.4, 0.5) is 14.5 Å². The topological polar surface area (TPSA) is 88.0 Å². The van der Waals surface area contributed by atoms with Crippen molar-refractivity contribution in [3.63, 3.8) is 0 Å². The molecule has 1 aliphatic heterocycles. The zero-order chi connectivity index (χ0) is 14.3. The quantitative estimate of drug-likeness (QED) is 0.766. The number of aliphatic hydroxyl groups is 1. The largest absolute Gasteiger partial charge is 0.586 e. The van der Waals surface area contributed by atoms with Gasteiger partial charge in [0.05, 0.1) is 6.54 Å². The maximum atomic E-state index is 12.8. The molecule has 0 saturated heterocycles. The average molecular weight is 275 g/mol. The van der Waals surface area contributed by atoms with Gasteiger partial charge in [-0.05, 0) is 19.1 Å². The molecule has 1 atom stereocenters. The molecule has 3 N–H and O–H groups in total. The highest BCUT2D eigenvalue weighted by Crippen LogP contribution is 2.42. The Morgan fingerprint density at radius 2 is 2.05 bits per heavy atom. The maximum absolute atomic E-state index is 12.8. The molecule has 1 heterocycles. The number of fused-ring (bicyclic) bond motifs is 1. The number of nitrogens with one attached hydrogen (secondary N) is 1. The lowest BCUT2D eigenvalue weighted by Crippen LogP contribution is -2.41. The Morgan fingerprint density at radius 3 is 2.68 bits per heavy atom. The van der Waals surface area contributed by atoms with Crippen molar-refractivity contribution in [3.8, 4) is 11.5 Å². The van der Waals surface area contributed by atoms with Crippen LogP contribution in [-0.4, -0.2) is 34.6 Å². The van der Waals surface area contributed by atoms with E-state index < -0.39 is 17.9 Å². The Hall–Kier alpha value is -2.09. The van der Waals surface area contributed by atoms with E-state index >= 15 is 0 Å². The molecule has 0 fully saturated rings. The van der Waals surface area contributed by atoms with E-state index in [1.165, 1.54) is 18.2 Å². The van der Waals surface area contributed by atoms with Crippen LogP contribution in [0.2, 0.25) is 0 Å². The number of rotatable bonds is 4. The molecule has 0 spiro atoms. The van der Waals surface area contributed by atoms with Crippen molar-refractivity contribution in [1.29, 1.82) is 0 Å². The predicted molar refractivity (Wildman–Crippen MR) is 59.4 cm³/mol. The van der Waals surface area contributed by atoms with Crippen LogP contribution in [-0.2, 0) is 4.79 Å². The summed E-state index contributed by atoms with van der Waals surface area (Å²) in [6.07, 6.45) is -3.70. The summed E-state index contributed by atoms with van der Waals surface area (Å²) in [5, 5.41) is 20.8. The summed E-state index contributed by atoms with van der Waals surface area (Å²) in [7, 11) is 0. The van der Waals surface area contributed by atoms with Gasteiger partial charge in [0.1, 0.15) is 0 Å². The van der Waals surface area contributed by atoms with Gasteiger partial charge in [-0.1, -0.05) is 0 Å². The molecule has 0 radical (unpaired) electrons. The number of hydrogen-bond acceptors (Lipinski definition) is 5. The van der Waals surface area contributed by atoms with Gasteiger partial charge in [0.2, 0.25) is 0 Å². The van der Waals surface area contributed by atoms with Gasteiger partial charge in [-0.25, -0.2) is 4.79 Å². The third-order valence-corrected chi connectivity index (χ3v) is 2.50. The molecule has 0 aromatic heterocycles. The van der Waals surface area contributed by atoms with Gasteiger partial charge in [0, 0.05) is 11.8 Å². The van der Waals surface area contributed by atoms with Gasteiger partial charge >= 0.3 is 12.3 Å². The minimum absolute atomic E-state index is 0.111. The Labute approximate surface area is 106 Å². The summed E-state index contributed by atoms with van der Waals surface area (Å²) in [5.41, 5.74) is -1.65. The van der Waals surface area contributed by atoms with Crippen LogP contribution in [0.15, 0.2) is 18.2 Å². The third-order valence-electron chi connectivity index (χ3n) is 2.50. The first-order valence-electron chi connectivity index (χ1n) is 5.29. The van der Waals surface area contributed by atoms with Gasteiger partial charge in [-0.3, -0.25) is 0 Å². The van der Waals surface area contributed by atoms with Crippen LogP contribution in [0.1, 0.15) is 6.92 Å². The SMILES string of the molecule is CC(O)(CNc1ccc2c(c1)OC(F)(F)O2)C(=O)O. The minimum atomic E-state index is -3.70. The van der Waals surface area contributed by atoms with E-state index in [2.05, 4.69) is 14.8 Å². The number of alkyl halides is 2. The fourth-order valence-electron chi connectivity index (χ4n) is 1.41. The van der Waals surface area contributed by atoms with Gasteiger partial charge in [-0.2, -0.15) is 0 Å². The molecule has 0 bridgehead atoms. The van der Waals surface area contributed by atoms with E-state index in [4.69, 9.17) is 5.11 Å². The lowest BCUT2D eigenvalue weighted by molar-refractivity contribution is -0.286. The first-order chi connectivity index (χ1) is 8.70. The highest BCUT2D eigenvalue weighted by Gasteiger charge is 2.43. The number of halogens is 2. The maximum Gasteiger partial charge on any atom is 0.586 e. The van der Waals surface area contributed by atoms with Crippen molar-refractivity contribution in [2.75, 3.05) is 11.9 Å². The molecule has 19 heavy (non-hydrogen) atoms. The Morgan fingerprint density at radius 1 is 1.42 bits per heavy atom. The molecule has 2 rings (SSSR count). The predicted octanol–water partition coefficient (Wildman–Crippen LogP) is 1.26. The monoisotopic (exact) mass is 275 g/mol. The molecule has 0 amide bonds. The van der Waals surface area contributed by atoms with Crippen molar-refractivity contribution in [1.82, 2.24) is 0 Å². The highest BCUT2D eigenvalue weighted by atomic mass is 19.3. The van der Waals surface area contributed by atoms with Gasteiger partial charge in [0.15, 0.2) is 17.1 Å². The third kappa shape index (κ3) is 2.84. The molecule has 6 nitrogen and oxygen atoms in total. The molecule has 8 heteroatoms. The lowest BCUT2D eigenvalue weighted by Gasteiger charge is -2.19. The normalized spacial score (nSPS) is 18.7. The number of aliphatic carboxylic acids is 1. The highest BCUT2D eigenvalue weighted by molar-refractivity contribution is 5.77. The van der Waals surface area contributed by atoms with Crippen LogP contribution < -0.4 is 14.8 Å². The number of carboxylic acids is 1. The second-order valence-corrected chi connectivity index (χ2v) is 4.26. The number of benzene rings is 1. The van der Waals surface area contributed by atoms with Crippen molar-refractivity contribution in [2.24, 2.45) is 0 Å². The second-order valence-electron chi connectivity index (χ2n) is 4.26. The molecule has 1 unspecified atom stereocenters. The Kier molecular flexibility index (Phi) is 2.97. The Balaban J connectivity index is 2.07. The summed E-state index contributed by atoms with van der Waals surface area (Å²) in [5.74, 6) is -1.67. The molecule has 1 aromatic rings. The molecular weight excluding hydrogens is 264 g/mol. The average Bonchev–Trinajstić information content (AvgIpc) is 2.59. The van der Waals surface area contributed by atoms with Crippen molar-refractivity contribution < 1.29 is 33.3 Å². The number of anilines is 1. The fraction of sp³-hybridized carbons (Fsp3) is 0.364. The van der Waals surface area contributed by atoms with Crippen molar-refractivity contribution in [3.05, 3.63) is 18.2 Å². The van der Waals surface area contributed by atoms with E-state index in [0.717, 1.165) is 6.92 Å². The smallest absolute Gasteiger partial charge is 0.479 e. The number of carboxylic acid groups (broad SMARTS) is 1. The van der Waals surface area contributed by atoms with E-state index in [1.807, 2.05) is 0 Å². The molecule has 1 aliphatic rings. The molecule has 104 valence electrons. The van der Waals surface area contributed by atoms with Crippen LogP contribution >= 0.6 is 0 Å². The standard InChI is InChI=1S/C11H11F2NO5/c1-10(17,9(15)16)5-14-6-2-3-7-8(4-6)19-11(12,13)18-7/h2-4,14,17H,5H2,1H3,(H,15,16). The van der Waals surface area contributed by atoms with Crippen LogP contribution in [0.25, 0.3) is 0 Å². The van der Waals surface area contributed by atoms with Crippen LogP contribution in [0, 0.1) is 0 Å². The first-order valence-corrected chi connectivity index (χ1v) is 5.29. The summed E-state index contributed by atoms with van der Waals surface area (Å²) >= 11 is 0. The lowest BCUT2D eigenvalue weighted by atomic mass is 10.1. The molecule has 1 aromatic carbocycles.